The Balaban J connectivity index is 2.10. The molecule has 0 spiro atoms. The van der Waals surface area contributed by atoms with Gasteiger partial charge in [-0.1, -0.05) is 6.92 Å². The zero-order valence-corrected chi connectivity index (χ0v) is 10.6. The van der Waals surface area contributed by atoms with Crippen molar-refractivity contribution in [3.63, 3.8) is 0 Å². The van der Waals surface area contributed by atoms with E-state index in [2.05, 4.69) is 0 Å². The number of carbonyl (C=O) groups is 2. The molecule has 1 aromatic carbocycles. The van der Waals surface area contributed by atoms with Crippen molar-refractivity contribution in [3.8, 4) is 0 Å². The van der Waals surface area contributed by atoms with Gasteiger partial charge in [0.05, 0.1) is 5.56 Å². The molecule has 0 saturated heterocycles. The van der Waals surface area contributed by atoms with E-state index >= 15 is 0 Å². The van der Waals surface area contributed by atoms with E-state index in [4.69, 9.17) is 5.11 Å². The highest BCUT2D eigenvalue weighted by Gasteiger charge is 2.34. The monoisotopic (exact) mass is 247 g/mol. The van der Waals surface area contributed by atoms with Crippen LogP contribution in [0.2, 0.25) is 0 Å². The average Bonchev–Trinajstić information content (AvgIpc) is 3.20. The number of rotatable bonds is 4. The second-order valence-corrected chi connectivity index (χ2v) is 4.88. The smallest absolute Gasteiger partial charge is 0.335 e. The van der Waals surface area contributed by atoms with Crippen LogP contribution in [0, 0.1) is 11.8 Å². The number of carboxylic acids is 1. The topological polar surface area (TPSA) is 57.6 Å². The predicted molar refractivity (Wildman–Crippen MR) is 68.7 cm³/mol. The molecule has 2 rings (SSSR count). The molecule has 0 heterocycles. The number of amides is 1. The molecule has 4 heteroatoms. The van der Waals surface area contributed by atoms with Gasteiger partial charge in [-0.15, -0.1) is 0 Å². The van der Waals surface area contributed by atoms with Crippen LogP contribution >= 0.6 is 0 Å². The highest BCUT2D eigenvalue weighted by atomic mass is 16.4. The summed E-state index contributed by atoms with van der Waals surface area (Å²) in [6.45, 7) is 1.96. The molecule has 1 saturated carbocycles. The van der Waals surface area contributed by atoms with Gasteiger partial charge in [0.15, 0.2) is 0 Å². The fourth-order valence-corrected chi connectivity index (χ4v) is 2.06. The Morgan fingerprint density at radius 1 is 1.28 bits per heavy atom. The van der Waals surface area contributed by atoms with E-state index < -0.39 is 5.97 Å². The maximum atomic E-state index is 12.2. The summed E-state index contributed by atoms with van der Waals surface area (Å²) in [5.74, 6) is -0.283. The van der Waals surface area contributed by atoms with Crippen molar-refractivity contribution < 1.29 is 14.7 Å². The Bertz CT molecular complexity index is 462. The first kappa shape index (κ1) is 12.6. The number of nitrogens with zero attached hydrogens (tertiary/aromatic N) is 1. The molecule has 1 N–H and O–H groups in total. The van der Waals surface area contributed by atoms with Crippen LogP contribution in [0.25, 0.3) is 0 Å². The van der Waals surface area contributed by atoms with Crippen LogP contribution in [-0.4, -0.2) is 24.0 Å². The van der Waals surface area contributed by atoms with Crippen molar-refractivity contribution in [1.29, 1.82) is 0 Å². The van der Waals surface area contributed by atoms with E-state index in [0.29, 0.717) is 5.92 Å². The minimum atomic E-state index is -0.957. The number of benzene rings is 1. The summed E-state index contributed by atoms with van der Waals surface area (Å²) in [4.78, 5) is 24.5. The summed E-state index contributed by atoms with van der Waals surface area (Å²) < 4.78 is 0. The van der Waals surface area contributed by atoms with E-state index in [9.17, 15) is 9.59 Å². The number of anilines is 1. The Labute approximate surface area is 106 Å². The fourth-order valence-electron chi connectivity index (χ4n) is 2.06. The SMILES string of the molecule is CC(C(=O)N(C)c1ccc(C(=O)O)cc1)C1CC1. The van der Waals surface area contributed by atoms with Crippen molar-refractivity contribution >= 4 is 17.6 Å². The summed E-state index contributed by atoms with van der Waals surface area (Å²) in [5, 5.41) is 8.81. The molecule has 1 aliphatic rings. The molecule has 1 unspecified atom stereocenters. The summed E-state index contributed by atoms with van der Waals surface area (Å²) in [6, 6.07) is 6.37. The van der Waals surface area contributed by atoms with E-state index in [1.165, 1.54) is 12.1 Å². The van der Waals surface area contributed by atoms with Crippen LogP contribution in [0.15, 0.2) is 24.3 Å². The number of carbonyl (C=O) groups excluding carboxylic acids is 1. The van der Waals surface area contributed by atoms with Gasteiger partial charge in [-0.05, 0) is 43.0 Å². The van der Waals surface area contributed by atoms with Gasteiger partial charge in [-0.3, -0.25) is 4.79 Å². The van der Waals surface area contributed by atoms with Crippen molar-refractivity contribution in [3.05, 3.63) is 29.8 Å². The van der Waals surface area contributed by atoms with Crippen molar-refractivity contribution in [1.82, 2.24) is 0 Å². The first-order chi connectivity index (χ1) is 8.50. The Morgan fingerprint density at radius 3 is 2.28 bits per heavy atom. The number of aromatic carboxylic acids is 1. The third-order valence-corrected chi connectivity index (χ3v) is 3.55. The maximum Gasteiger partial charge on any atom is 0.335 e. The van der Waals surface area contributed by atoms with Crippen LogP contribution < -0.4 is 4.90 Å². The lowest BCUT2D eigenvalue weighted by Gasteiger charge is -2.21. The second-order valence-electron chi connectivity index (χ2n) is 4.88. The van der Waals surface area contributed by atoms with Crippen LogP contribution in [0.5, 0.6) is 0 Å². The Kier molecular flexibility index (Phi) is 3.36. The molecule has 1 amide bonds. The number of hydrogen-bond donors (Lipinski definition) is 1. The minimum absolute atomic E-state index is 0.0501. The second kappa shape index (κ2) is 4.80. The van der Waals surface area contributed by atoms with Gasteiger partial charge in [-0.2, -0.15) is 0 Å². The maximum absolute atomic E-state index is 12.2. The molecule has 0 aromatic heterocycles. The molecule has 1 aliphatic carbocycles. The van der Waals surface area contributed by atoms with Gasteiger partial charge in [0.2, 0.25) is 5.91 Å². The van der Waals surface area contributed by atoms with Gasteiger partial charge in [0, 0.05) is 18.7 Å². The summed E-state index contributed by atoms with van der Waals surface area (Å²) >= 11 is 0. The molecule has 4 nitrogen and oxygen atoms in total. The zero-order valence-electron chi connectivity index (χ0n) is 10.6. The fraction of sp³-hybridized carbons (Fsp3) is 0.429. The molecule has 1 atom stereocenters. The third-order valence-electron chi connectivity index (χ3n) is 3.55. The molecule has 0 aliphatic heterocycles. The summed E-state index contributed by atoms with van der Waals surface area (Å²) in [6.07, 6.45) is 2.28. The van der Waals surface area contributed by atoms with E-state index in [0.717, 1.165) is 18.5 Å². The van der Waals surface area contributed by atoms with Gasteiger partial charge >= 0.3 is 5.97 Å². The first-order valence-corrected chi connectivity index (χ1v) is 6.11. The Hall–Kier alpha value is -1.84. The zero-order chi connectivity index (χ0) is 13.3. The van der Waals surface area contributed by atoms with Crippen molar-refractivity contribution in [2.75, 3.05) is 11.9 Å². The van der Waals surface area contributed by atoms with Crippen molar-refractivity contribution in [2.45, 2.75) is 19.8 Å². The summed E-state index contributed by atoms with van der Waals surface area (Å²) in [7, 11) is 1.73. The van der Waals surface area contributed by atoms with Crippen LogP contribution in [-0.2, 0) is 4.79 Å². The third kappa shape index (κ3) is 2.53. The van der Waals surface area contributed by atoms with E-state index in [1.54, 1.807) is 24.1 Å². The molecule has 0 bridgehead atoms. The lowest BCUT2D eigenvalue weighted by atomic mass is 10.0. The van der Waals surface area contributed by atoms with E-state index in [1.807, 2.05) is 6.92 Å². The Morgan fingerprint density at radius 2 is 1.83 bits per heavy atom. The molecule has 1 aromatic rings. The molecular formula is C14H17NO3. The van der Waals surface area contributed by atoms with Crippen LogP contribution in [0.3, 0.4) is 0 Å². The standard InChI is InChI=1S/C14H17NO3/c1-9(10-3-4-10)13(16)15(2)12-7-5-11(6-8-12)14(17)18/h5-10H,3-4H2,1-2H3,(H,17,18). The molecular weight excluding hydrogens is 230 g/mol. The lowest BCUT2D eigenvalue weighted by molar-refractivity contribution is -0.122. The van der Waals surface area contributed by atoms with Gasteiger partial charge < -0.3 is 10.0 Å². The molecule has 96 valence electrons. The lowest BCUT2D eigenvalue weighted by Crippen LogP contribution is -2.32. The highest BCUT2D eigenvalue weighted by molar-refractivity contribution is 5.95. The van der Waals surface area contributed by atoms with Gasteiger partial charge in [0.25, 0.3) is 0 Å². The van der Waals surface area contributed by atoms with E-state index in [-0.39, 0.29) is 17.4 Å². The van der Waals surface area contributed by atoms with Crippen LogP contribution in [0.4, 0.5) is 5.69 Å². The quantitative estimate of drug-likeness (QED) is 0.888. The first-order valence-electron chi connectivity index (χ1n) is 6.11. The predicted octanol–water partition coefficient (Wildman–Crippen LogP) is 2.39. The van der Waals surface area contributed by atoms with Gasteiger partial charge in [0.1, 0.15) is 0 Å². The average molecular weight is 247 g/mol. The number of carboxylic acid groups (broad SMARTS) is 1. The van der Waals surface area contributed by atoms with Crippen molar-refractivity contribution in [2.24, 2.45) is 11.8 Å². The minimum Gasteiger partial charge on any atom is -0.478 e. The van der Waals surface area contributed by atoms with Crippen LogP contribution in [0.1, 0.15) is 30.1 Å². The largest absolute Gasteiger partial charge is 0.478 e. The van der Waals surface area contributed by atoms with Gasteiger partial charge in [-0.25, -0.2) is 4.79 Å². The molecule has 18 heavy (non-hydrogen) atoms. The molecule has 0 radical (unpaired) electrons. The number of hydrogen-bond acceptors (Lipinski definition) is 2. The normalized spacial score (nSPS) is 16.1. The highest BCUT2D eigenvalue weighted by Crippen LogP contribution is 2.37. The molecule has 1 fully saturated rings. The summed E-state index contributed by atoms with van der Waals surface area (Å²) in [5.41, 5.74) is 0.965.